The molecule has 1 amide bonds. The fourth-order valence-electron chi connectivity index (χ4n) is 2.86. The van der Waals surface area contributed by atoms with Crippen molar-refractivity contribution in [2.45, 2.75) is 31.8 Å². The van der Waals surface area contributed by atoms with E-state index in [1.165, 1.54) is 0 Å². The van der Waals surface area contributed by atoms with Crippen LogP contribution in [0.1, 0.15) is 36.2 Å². The smallest absolute Gasteiger partial charge is 0.297 e. The first-order valence-corrected chi connectivity index (χ1v) is 8.02. The molecule has 2 aromatic heterocycles. The first-order valence-electron chi connectivity index (χ1n) is 7.64. The minimum atomic E-state index is -0.503. The minimum Gasteiger partial charge on any atom is -0.486 e. The molecular formula is C15H14ClN5O3. The van der Waals surface area contributed by atoms with Gasteiger partial charge in [-0.2, -0.15) is 5.21 Å². The van der Waals surface area contributed by atoms with Gasteiger partial charge in [0, 0.05) is 5.02 Å². The van der Waals surface area contributed by atoms with Gasteiger partial charge in [0.15, 0.2) is 5.75 Å². The van der Waals surface area contributed by atoms with Crippen molar-refractivity contribution in [1.82, 2.24) is 20.6 Å². The number of nitrogens with zero attached hydrogens (tertiary/aromatic N) is 3. The molecule has 1 aliphatic rings. The molecule has 1 fully saturated rings. The van der Waals surface area contributed by atoms with E-state index in [4.69, 9.17) is 20.8 Å². The van der Waals surface area contributed by atoms with Gasteiger partial charge in [0.25, 0.3) is 11.9 Å². The van der Waals surface area contributed by atoms with E-state index in [0.29, 0.717) is 21.7 Å². The lowest BCUT2D eigenvalue weighted by Crippen LogP contribution is -2.16. The van der Waals surface area contributed by atoms with E-state index in [1.54, 1.807) is 18.2 Å². The number of rotatable bonds is 4. The minimum absolute atomic E-state index is 0.0605. The number of ether oxygens (including phenoxy) is 1. The van der Waals surface area contributed by atoms with Crippen molar-refractivity contribution in [3.8, 4) is 5.75 Å². The molecule has 24 heavy (non-hydrogen) atoms. The number of hydrogen-bond donors (Lipinski definition) is 2. The van der Waals surface area contributed by atoms with Crippen molar-refractivity contribution in [2.75, 3.05) is 5.32 Å². The van der Waals surface area contributed by atoms with E-state index >= 15 is 0 Å². The lowest BCUT2D eigenvalue weighted by atomic mass is 10.2. The molecule has 1 aromatic carbocycles. The summed E-state index contributed by atoms with van der Waals surface area (Å²) >= 11 is 6.08. The zero-order valence-corrected chi connectivity index (χ0v) is 13.3. The molecule has 0 radical (unpaired) electrons. The van der Waals surface area contributed by atoms with Crippen molar-refractivity contribution in [2.24, 2.45) is 0 Å². The van der Waals surface area contributed by atoms with Crippen LogP contribution in [0.15, 0.2) is 22.6 Å². The molecule has 1 saturated carbocycles. The number of H-pyrrole nitrogens is 1. The topological polar surface area (TPSA) is 106 Å². The van der Waals surface area contributed by atoms with Crippen molar-refractivity contribution in [3.05, 3.63) is 29.0 Å². The number of benzene rings is 1. The van der Waals surface area contributed by atoms with Gasteiger partial charge >= 0.3 is 0 Å². The van der Waals surface area contributed by atoms with Gasteiger partial charge in [-0.25, -0.2) is 0 Å². The molecule has 0 aliphatic heterocycles. The number of halogens is 1. The summed E-state index contributed by atoms with van der Waals surface area (Å²) in [7, 11) is 0. The van der Waals surface area contributed by atoms with Gasteiger partial charge in [-0.3, -0.25) is 10.1 Å². The summed E-state index contributed by atoms with van der Waals surface area (Å²) in [5.41, 5.74) is 0.533. The van der Waals surface area contributed by atoms with Gasteiger partial charge in [-0.15, -0.1) is 5.10 Å². The number of aromatic nitrogens is 4. The molecule has 3 aromatic rings. The van der Waals surface area contributed by atoms with Crippen LogP contribution in [0, 0.1) is 0 Å². The third kappa shape index (κ3) is 2.80. The molecule has 124 valence electrons. The molecule has 0 saturated heterocycles. The highest BCUT2D eigenvalue weighted by atomic mass is 35.5. The van der Waals surface area contributed by atoms with Gasteiger partial charge in [0.05, 0.1) is 11.5 Å². The summed E-state index contributed by atoms with van der Waals surface area (Å²) in [4.78, 5) is 12.5. The number of nitrogens with one attached hydrogen (secondary N) is 2. The van der Waals surface area contributed by atoms with Gasteiger partial charge in [0.1, 0.15) is 5.58 Å². The first kappa shape index (κ1) is 14.9. The second kappa shape index (κ2) is 6.12. The Bertz CT molecular complexity index is 871. The quantitative estimate of drug-likeness (QED) is 0.750. The Morgan fingerprint density at radius 3 is 2.96 bits per heavy atom. The van der Waals surface area contributed by atoms with E-state index in [9.17, 15) is 4.79 Å². The predicted molar refractivity (Wildman–Crippen MR) is 86.2 cm³/mol. The normalized spacial score (nSPS) is 15.0. The summed E-state index contributed by atoms with van der Waals surface area (Å²) in [5.74, 6) is 0.0337. The maximum atomic E-state index is 12.5. The van der Waals surface area contributed by atoms with Crippen LogP contribution in [0.2, 0.25) is 5.02 Å². The zero-order chi connectivity index (χ0) is 16.5. The number of carbonyl (C=O) groups is 1. The number of hydrogen-bond acceptors (Lipinski definition) is 6. The van der Waals surface area contributed by atoms with Crippen LogP contribution in [0.3, 0.4) is 0 Å². The molecule has 2 heterocycles. The van der Waals surface area contributed by atoms with Gasteiger partial charge < -0.3 is 9.15 Å². The van der Waals surface area contributed by atoms with Gasteiger partial charge in [0.2, 0.25) is 5.76 Å². The van der Waals surface area contributed by atoms with Crippen LogP contribution in [-0.4, -0.2) is 32.6 Å². The molecule has 4 rings (SSSR count). The van der Waals surface area contributed by atoms with Crippen LogP contribution in [0.4, 0.5) is 5.95 Å². The number of fused-ring (bicyclic) bond motifs is 1. The summed E-state index contributed by atoms with van der Waals surface area (Å²) in [6.45, 7) is 0. The van der Waals surface area contributed by atoms with Crippen molar-refractivity contribution in [1.29, 1.82) is 0 Å². The standard InChI is InChI=1S/C15H14ClN5O3/c16-8-5-6-11-10(7-8)12(23-9-3-1-2-4-9)13(24-11)14(22)17-15-18-20-21-19-15/h5-7,9H,1-4H2,(H2,17,18,19,20,21,22). The third-order valence-corrected chi connectivity index (χ3v) is 4.20. The lowest BCUT2D eigenvalue weighted by Gasteiger charge is -2.12. The summed E-state index contributed by atoms with van der Waals surface area (Å²) < 4.78 is 11.8. The highest BCUT2D eigenvalue weighted by Gasteiger charge is 2.27. The molecule has 0 atom stereocenters. The maximum Gasteiger partial charge on any atom is 0.297 e. The molecule has 0 unspecified atom stereocenters. The average molecular weight is 348 g/mol. The van der Waals surface area contributed by atoms with Crippen LogP contribution < -0.4 is 10.1 Å². The SMILES string of the molecule is O=C(Nc1nn[nH]n1)c1oc2ccc(Cl)cc2c1OC1CCCC1. The second-order valence-electron chi connectivity index (χ2n) is 5.61. The van der Waals surface area contributed by atoms with Crippen LogP contribution in [0.25, 0.3) is 11.0 Å². The van der Waals surface area contributed by atoms with E-state index in [1.807, 2.05) is 0 Å². The molecule has 0 spiro atoms. The lowest BCUT2D eigenvalue weighted by molar-refractivity contribution is 0.0988. The van der Waals surface area contributed by atoms with Crippen molar-refractivity contribution in [3.63, 3.8) is 0 Å². The molecule has 2 N–H and O–H groups in total. The molecule has 0 bridgehead atoms. The van der Waals surface area contributed by atoms with Gasteiger partial charge in [-0.1, -0.05) is 16.7 Å². The number of amides is 1. The summed E-state index contributed by atoms with van der Waals surface area (Å²) in [5, 5.41) is 16.8. The molecule has 1 aliphatic carbocycles. The largest absolute Gasteiger partial charge is 0.486 e. The second-order valence-corrected chi connectivity index (χ2v) is 6.05. The number of anilines is 1. The highest BCUT2D eigenvalue weighted by molar-refractivity contribution is 6.31. The number of furan rings is 1. The van der Waals surface area contributed by atoms with Gasteiger partial charge in [-0.05, 0) is 49.1 Å². The fraction of sp³-hybridized carbons (Fsp3) is 0.333. The monoisotopic (exact) mass is 347 g/mol. The Kier molecular flexibility index (Phi) is 3.81. The molecular weight excluding hydrogens is 334 g/mol. The Balaban J connectivity index is 1.73. The summed E-state index contributed by atoms with van der Waals surface area (Å²) in [6.07, 6.45) is 4.22. The first-order chi connectivity index (χ1) is 11.7. The Labute approximate surface area is 141 Å². The number of carbonyl (C=O) groups excluding carboxylic acids is 1. The van der Waals surface area contributed by atoms with E-state index in [-0.39, 0.29) is 17.8 Å². The van der Waals surface area contributed by atoms with E-state index in [0.717, 1.165) is 25.7 Å². The number of tetrazole rings is 1. The van der Waals surface area contributed by atoms with E-state index in [2.05, 4.69) is 25.9 Å². The average Bonchev–Trinajstić information content (AvgIpc) is 3.30. The number of aromatic amines is 1. The summed E-state index contributed by atoms with van der Waals surface area (Å²) in [6, 6.07) is 5.15. The Morgan fingerprint density at radius 2 is 2.21 bits per heavy atom. The van der Waals surface area contributed by atoms with Crippen molar-refractivity contribution >= 4 is 34.4 Å². The third-order valence-electron chi connectivity index (χ3n) is 3.97. The fourth-order valence-corrected chi connectivity index (χ4v) is 3.03. The Hall–Kier alpha value is -2.61. The van der Waals surface area contributed by atoms with Crippen LogP contribution in [0.5, 0.6) is 5.75 Å². The highest BCUT2D eigenvalue weighted by Crippen LogP contribution is 2.37. The predicted octanol–water partition coefficient (Wildman–Crippen LogP) is 3.17. The maximum absolute atomic E-state index is 12.5. The Morgan fingerprint density at radius 1 is 1.38 bits per heavy atom. The molecule has 8 nitrogen and oxygen atoms in total. The molecule has 9 heteroatoms. The van der Waals surface area contributed by atoms with Crippen LogP contribution >= 0.6 is 11.6 Å². The van der Waals surface area contributed by atoms with Crippen LogP contribution in [-0.2, 0) is 0 Å². The van der Waals surface area contributed by atoms with E-state index < -0.39 is 5.91 Å². The van der Waals surface area contributed by atoms with Crippen molar-refractivity contribution < 1.29 is 13.9 Å². The zero-order valence-electron chi connectivity index (χ0n) is 12.6.